The summed E-state index contributed by atoms with van der Waals surface area (Å²) in [6, 6.07) is 18.5. The Balaban J connectivity index is 2.24. The summed E-state index contributed by atoms with van der Waals surface area (Å²) in [6.45, 7) is 6.61. The first kappa shape index (κ1) is 17.0. The van der Waals surface area contributed by atoms with Crippen LogP contribution in [0, 0.1) is 0 Å². The Bertz CT molecular complexity index is 610. The summed E-state index contributed by atoms with van der Waals surface area (Å²) >= 11 is 0. The molecule has 22 heavy (non-hydrogen) atoms. The molecule has 0 heterocycles. The van der Waals surface area contributed by atoms with Crippen molar-refractivity contribution in [3.05, 3.63) is 65.7 Å². The van der Waals surface area contributed by atoms with Crippen LogP contribution in [0.4, 0.5) is 0 Å². The van der Waals surface area contributed by atoms with Crippen molar-refractivity contribution >= 4 is 12.7 Å². The zero-order valence-corrected chi connectivity index (χ0v) is 14.6. The second kappa shape index (κ2) is 7.76. The molecule has 118 valence electrons. The van der Waals surface area contributed by atoms with Gasteiger partial charge in [0.05, 0.1) is 6.61 Å². The Morgan fingerprint density at radius 3 is 2.09 bits per heavy atom. The molecule has 0 spiro atoms. The molecule has 0 bridgehead atoms. The van der Waals surface area contributed by atoms with Gasteiger partial charge in [-0.25, -0.2) is 0 Å². The van der Waals surface area contributed by atoms with Crippen LogP contribution >= 0.6 is 7.37 Å². The lowest BCUT2D eigenvalue weighted by atomic mass is 9.93. The maximum atomic E-state index is 12.9. The van der Waals surface area contributed by atoms with Gasteiger partial charge in [-0.3, -0.25) is 4.57 Å². The van der Waals surface area contributed by atoms with E-state index in [1.54, 1.807) is 0 Å². The van der Waals surface area contributed by atoms with Crippen molar-refractivity contribution in [2.45, 2.75) is 33.1 Å². The highest BCUT2D eigenvalue weighted by Crippen LogP contribution is 2.46. The molecule has 0 aliphatic rings. The van der Waals surface area contributed by atoms with Crippen LogP contribution in [0.15, 0.2) is 54.6 Å². The van der Waals surface area contributed by atoms with E-state index in [0.717, 1.165) is 11.7 Å². The molecule has 2 aromatic rings. The standard InChI is InChI=1S/C19H25O2P/c1-4-15-22(20,21-5-2)19-13-11-18(12-14-19)16(3)17-9-7-6-8-10-17/h6-14,16H,4-5,15H2,1-3H3. The smallest absolute Gasteiger partial charge is 0.232 e. The number of benzene rings is 2. The van der Waals surface area contributed by atoms with Crippen LogP contribution in [-0.4, -0.2) is 12.8 Å². The first-order valence-corrected chi connectivity index (χ1v) is 9.80. The van der Waals surface area contributed by atoms with E-state index in [9.17, 15) is 4.57 Å². The Labute approximate surface area is 134 Å². The van der Waals surface area contributed by atoms with Crippen molar-refractivity contribution in [3.8, 4) is 0 Å². The molecule has 0 aromatic heterocycles. The molecule has 2 unspecified atom stereocenters. The summed E-state index contributed by atoms with van der Waals surface area (Å²) in [5, 5.41) is 0.834. The quantitative estimate of drug-likeness (QED) is 0.657. The summed E-state index contributed by atoms with van der Waals surface area (Å²) < 4.78 is 18.5. The zero-order chi connectivity index (χ0) is 16.0. The minimum absolute atomic E-state index is 0.327. The second-order valence-corrected chi connectivity index (χ2v) is 8.11. The van der Waals surface area contributed by atoms with E-state index in [1.807, 2.05) is 32.0 Å². The van der Waals surface area contributed by atoms with Crippen LogP contribution < -0.4 is 5.30 Å². The van der Waals surface area contributed by atoms with E-state index in [0.29, 0.717) is 18.7 Å². The summed E-state index contributed by atoms with van der Waals surface area (Å²) in [5.41, 5.74) is 2.52. The highest BCUT2D eigenvalue weighted by Gasteiger charge is 2.24. The van der Waals surface area contributed by atoms with Gasteiger partial charge < -0.3 is 4.52 Å². The average molecular weight is 316 g/mol. The number of hydrogen-bond acceptors (Lipinski definition) is 2. The Morgan fingerprint density at radius 2 is 1.55 bits per heavy atom. The molecule has 2 aromatic carbocycles. The van der Waals surface area contributed by atoms with Gasteiger partial charge >= 0.3 is 0 Å². The molecule has 0 radical (unpaired) electrons. The fourth-order valence-corrected chi connectivity index (χ4v) is 4.84. The zero-order valence-electron chi connectivity index (χ0n) is 13.7. The molecule has 0 fully saturated rings. The van der Waals surface area contributed by atoms with Crippen LogP contribution in [0.1, 0.15) is 44.2 Å². The molecule has 3 heteroatoms. The molecule has 2 rings (SSSR count). The van der Waals surface area contributed by atoms with E-state index in [1.165, 1.54) is 11.1 Å². The van der Waals surface area contributed by atoms with Crippen molar-refractivity contribution in [1.82, 2.24) is 0 Å². The molecule has 0 aliphatic carbocycles. The van der Waals surface area contributed by atoms with Crippen molar-refractivity contribution in [3.63, 3.8) is 0 Å². The summed E-state index contributed by atoms with van der Waals surface area (Å²) in [5.74, 6) is 0.327. The Hall–Kier alpha value is -1.37. The van der Waals surface area contributed by atoms with Crippen molar-refractivity contribution in [1.29, 1.82) is 0 Å². The van der Waals surface area contributed by atoms with Crippen LogP contribution in [0.2, 0.25) is 0 Å². The summed E-state index contributed by atoms with van der Waals surface area (Å²) in [6.07, 6.45) is 1.47. The first-order valence-electron chi connectivity index (χ1n) is 7.99. The lowest BCUT2D eigenvalue weighted by molar-refractivity contribution is 0.340. The van der Waals surface area contributed by atoms with Gasteiger partial charge in [-0.05, 0) is 36.6 Å². The largest absolute Gasteiger partial charge is 0.326 e. The highest BCUT2D eigenvalue weighted by atomic mass is 31.2. The Morgan fingerprint density at radius 1 is 0.955 bits per heavy atom. The van der Waals surface area contributed by atoms with Gasteiger partial charge in [0, 0.05) is 17.4 Å². The van der Waals surface area contributed by atoms with Gasteiger partial charge in [-0.15, -0.1) is 0 Å². The fraction of sp³-hybridized carbons (Fsp3) is 0.368. The summed E-state index contributed by atoms with van der Waals surface area (Å²) in [4.78, 5) is 0. The molecule has 0 aliphatic heterocycles. The van der Waals surface area contributed by atoms with Crippen molar-refractivity contribution in [2.24, 2.45) is 0 Å². The lowest BCUT2D eigenvalue weighted by Crippen LogP contribution is -2.11. The van der Waals surface area contributed by atoms with Gasteiger partial charge in [0.25, 0.3) is 0 Å². The van der Waals surface area contributed by atoms with Crippen LogP contribution in [0.5, 0.6) is 0 Å². The SMILES string of the molecule is CCCP(=O)(OCC)c1ccc(C(C)c2ccccc2)cc1. The first-order chi connectivity index (χ1) is 10.6. The second-order valence-electron chi connectivity index (χ2n) is 5.54. The van der Waals surface area contributed by atoms with E-state index in [-0.39, 0.29) is 0 Å². The van der Waals surface area contributed by atoms with Gasteiger partial charge in [-0.1, -0.05) is 56.3 Å². The molecule has 0 saturated carbocycles. The normalized spacial score (nSPS) is 15.2. The molecule has 2 nitrogen and oxygen atoms in total. The predicted molar refractivity (Wildman–Crippen MR) is 94.4 cm³/mol. The molecule has 0 saturated heterocycles. The van der Waals surface area contributed by atoms with Gasteiger partial charge in [0.15, 0.2) is 0 Å². The molecule has 2 atom stereocenters. The van der Waals surface area contributed by atoms with E-state index in [4.69, 9.17) is 4.52 Å². The van der Waals surface area contributed by atoms with Gasteiger partial charge in [0.2, 0.25) is 7.37 Å². The third kappa shape index (κ3) is 3.88. The summed E-state index contributed by atoms with van der Waals surface area (Å²) in [7, 11) is -2.69. The third-order valence-corrected chi connectivity index (χ3v) is 6.74. The fourth-order valence-electron chi connectivity index (χ4n) is 2.70. The number of hydrogen-bond donors (Lipinski definition) is 0. The van der Waals surface area contributed by atoms with Gasteiger partial charge in [-0.2, -0.15) is 0 Å². The molecular formula is C19H25O2P. The van der Waals surface area contributed by atoms with E-state index in [2.05, 4.69) is 43.3 Å². The molecule has 0 amide bonds. The Kier molecular flexibility index (Phi) is 5.99. The van der Waals surface area contributed by atoms with Crippen molar-refractivity contribution < 1.29 is 9.09 Å². The number of rotatable bonds is 7. The maximum Gasteiger partial charge on any atom is 0.232 e. The topological polar surface area (TPSA) is 26.3 Å². The monoisotopic (exact) mass is 316 g/mol. The predicted octanol–water partition coefficient (Wildman–Crippen LogP) is 5.19. The van der Waals surface area contributed by atoms with E-state index >= 15 is 0 Å². The van der Waals surface area contributed by atoms with E-state index < -0.39 is 7.37 Å². The molecular weight excluding hydrogens is 291 g/mol. The van der Waals surface area contributed by atoms with Crippen LogP contribution in [0.3, 0.4) is 0 Å². The minimum atomic E-state index is -2.69. The maximum absolute atomic E-state index is 12.9. The van der Waals surface area contributed by atoms with Crippen LogP contribution in [-0.2, 0) is 9.09 Å². The van der Waals surface area contributed by atoms with Crippen LogP contribution in [0.25, 0.3) is 0 Å². The third-order valence-electron chi connectivity index (χ3n) is 3.94. The highest BCUT2D eigenvalue weighted by molar-refractivity contribution is 7.67. The van der Waals surface area contributed by atoms with Gasteiger partial charge in [0.1, 0.15) is 0 Å². The molecule has 0 N–H and O–H groups in total. The average Bonchev–Trinajstić information content (AvgIpc) is 2.55. The lowest BCUT2D eigenvalue weighted by Gasteiger charge is -2.19. The van der Waals surface area contributed by atoms with Crippen molar-refractivity contribution in [2.75, 3.05) is 12.8 Å². The minimum Gasteiger partial charge on any atom is -0.326 e.